The molecule has 0 aliphatic rings. The van der Waals surface area contributed by atoms with E-state index in [9.17, 15) is 9.59 Å². The molecular weight excluding hydrogens is 414 g/mol. The molecule has 0 radical (unpaired) electrons. The van der Waals surface area contributed by atoms with Crippen molar-refractivity contribution in [1.29, 1.82) is 5.26 Å². The minimum Gasteiger partial charge on any atom is -0.489 e. The maximum absolute atomic E-state index is 13.0. The average Bonchev–Trinajstić information content (AvgIpc) is 2.81. The number of hydrogen-bond donors (Lipinski definition) is 2. The second kappa shape index (κ2) is 11.0. The van der Waals surface area contributed by atoms with Crippen LogP contribution in [0, 0.1) is 24.2 Å². The summed E-state index contributed by atoms with van der Waals surface area (Å²) >= 11 is 0. The molecule has 3 aromatic rings. The number of nitrogens with zero attached hydrogens (tertiary/aromatic N) is 1. The lowest BCUT2D eigenvalue weighted by atomic mass is 10.0. The fourth-order valence-corrected chi connectivity index (χ4v) is 3.33. The number of carbonyl (C=O) groups excluding carboxylic acids is 2. The topological polar surface area (TPSA) is 91.2 Å². The van der Waals surface area contributed by atoms with Crippen LogP contribution in [0.2, 0.25) is 0 Å². The quantitative estimate of drug-likeness (QED) is 0.523. The summed E-state index contributed by atoms with van der Waals surface area (Å²) in [4.78, 5) is 25.6. The maximum atomic E-state index is 13.0. The van der Waals surface area contributed by atoms with E-state index in [1.54, 1.807) is 48.5 Å². The van der Waals surface area contributed by atoms with E-state index in [1.807, 2.05) is 45.0 Å². The minimum absolute atomic E-state index is 0.106. The highest BCUT2D eigenvalue weighted by atomic mass is 16.5. The Balaban J connectivity index is 1.65. The van der Waals surface area contributed by atoms with Crippen LogP contribution in [0.3, 0.4) is 0 Å². The normalized spacial score (nSPS) is 11.4. The molecule has 168 valence electrons. The largest absolute Gasteiger partial charge is 0.489 e. The molecule has 1 unspecified atom stereocenters. The van der Waals surface area contributed by atoms with E-state index in [0.717, 1.165) is 11.1 Å². The number of nitrogens with one attached hydrogen (secondary N) is 2. The molecule has 6 nitrogen and oxygen atoms in total. The van der Waals surface area contributed by atoms with E-state index < -0.39 is 6.04 Å². The molecule has 0 saturated carbocycles. The Labute approximate surface area is 194 Å². The molecule has 2 N–H and O–H groups in total. The summed E-state index contributed by atoms with van der Waals surface area (Å²) in [5, 5.41) is 14.7. The van der Waals surface area contributed by atoms with E-state index in [0.29, 0.717) is 29.2 Å². The molecule has 33 heavy (non-hydrogen) atoms. The number of rotatable bonds is 8. The van der Waals surface area contributed by atoms with Crippen molar-refractivity contribution >= 4 is 17.5 Å². The van der Waals surface area contributed by atoms with Crippen molar-refractivity contribution < 1.29 is 14.3 Å². The van der Waals surface area contributed by atoms with Crippen LogP contribution in [0.1, 0.15) is 40.9 Å². The summed E-state index contributed by atoms with van der Waals surface area (Å²) in [5.41, 5.74) is 3.51. The van der Waals surface area contributed by atoms with Crippen LogP contribution in [0.25, 0.3) is 0 Å². The summed E-state index contributed by atoms with van der Waals surface area (Å²) in [5.74, 6) is -0.111. The Bertz CT molecular complexity index is 1180. The number of carbonyl (C=O) groups is 2. The molecule has 3 aromatic carbocycles. The predicted molar refractivity (Wildman–Crippen MR) is 128 cm³/mol. The Morgan fingerprint density at radius 1 is 1.00 bits per heavy atom. The molecule has 0 saturated heterocycles. The van der Waals surface area contributed by atoms with Crippen LogP contribution in [0.15, 0.2) is 72.8 Å². The fraction of sp³-hybridized carbons (Fsp3) is 0.222. The molecule has 0 bridgehead atoms. The van der Waals surface area contributed by atoms with Gasteiger partial charge in [-0.2, -0.15) is 5.26 Å². The van der Waals surface area contributed by atoms with Crippen molar-refractivity contribution in [2.24, 2.45) is 5.92 Å². The minimum atomic E-state index is -0.698. The van der Waals surface area contributed by atoms with Crippen LogP contribution in [0.4, 0.5) is 5.69 Å². The van der Waals surface area contributed by atoms with Crippen molar-refractivity contribution in [3.63, 3.8) is 0 Å². The highest BCUT2D eigenvalue weighted by Gasteiger charge is 2.25. The SMILES string of the molecule is Cc1cccc(C(=O)NC(C(=O)Nc2cccc(OCc3cccc(C#N)c3)c2)C(C)C)c1. The molecular formula is C27H27N3O3. The lowest BCUT2D eigenvalue weighted by Gasteiger charge is -2.22. The average molecular weight is 442 g/mol. The highest BCUT2D eigenvalue weighted by molar-refractivity contribution is 6.01. The molecule has 0 fully saturated rings. The number of amides is 2. The molecule has 0 spiro atoms. The number of ether oxygens (including phenoxy) is 1. The van der Waals surface area contributed by atoms with E-state index in [2.05, 4.69) is 16.7 Å². The first-order chi connectivity index (χ1) is 15.9. The van der Waals surface area contributed by atoms with Crippen LogP contribution < -0.4 is 15.4 Å². The van der Waals surface area contributed by atoms with Crippen LogP contribution in [-0.4, -0.2) is 17.9 Å². The number of hydrogen-bond acceptors (Lipinski definition) is 4. The summed E-state index contributed by atoms with van der Waals surface area (Å²) in [7, 11) is 0. The summed E-state index contributed by atoms with van der Waals surface area (Å²) in [6.45, 7) is 5.98. The van der Waals surface area contributed by atoms with E-state index in [-0.39, 0.29) is 17.7 Å². The standard InChI is InChI=1S/C27H27N3O3/c1-18(2)25(30-26(31)22-10-4-7-19(3)13-22)27(32)29-23-11-6-12-24(15-23)33-17-21-9-5-8-20(14-21)16-28/h4-15,18,25H,17H2,1-3H3,(H,29,32)(H,30,31). The van der Waals surface area contributed by atoms with E-state index >= 15 is 0 Å². The van der Waals surface area contributed by atoms with Gasteiger partial charge in [0.05, 0.1) is 11.6 Å². The zero-order valence-corrected chi connectivity index (χ0v) is 19.0. The van der Waals surface area contributed by atoms with Gasteiger partial charge in [-0.3, -0.25) is 9.59 Å². The molecule has 6 heteroatoms. The highest BCUT2D eigenvalue weighted by Crippen LogP contribution is 2.20. The first-order valence-electron chi connectivity index (χ1n) is 10.8. The first-order valence-corrected chi connectivity index (χ1v) is 10.8. The number of aryl methyl sites for hydroxylation is 1. The van der Waals surface area contributed by atoms with Gasteiger partial charge in [0.1, 0.15) is 18.4 Å². The van der Waals surface area contributed by atoms with Gasteiger partial charge in [0.25, 0.3) is 5.91 Å². The lowest BCUT2D eigenvalue weighted by molar-refractivity contribution is -0.118. The molecule has 0 aromatic heterocycles. The molecule has 3 rings (SSSR count). The predicted octanol–water partition coefficient (Wildman–Crippen LogP) is 4.84. The zero-order valence-electron chi connectivity index (χ0n) is 19.0. The second-order valence-electron chi connectivity index (χ2n) is 8.18. The number of nitriles is 1. The van der Waals surface area contributed by atoms with Crippen LogP contribution in [-0.2, 0) is 11.4 Å². The zero-order chi connectivity index (χ0) is 23.8. The van der Waals surface area contributed by atoms with Gasteiger partial charge in [0.2, 0.25) is 5.91 Å². The van der Waals surface area contributed by atoms with E-state index in [1.165, 1.54) is 0 Å². The van der Waals surface area contributed by atoms with Crippen molar-refractivity contribution in [2.75, 3.05) is 5.32 Å². The Morgan fingerprint density at radius 3 is 2.48 bits per heavy atom. The number of benzene rings is 3. The third-order valence-electron chi connectivity index (χ3n) is 5.08. The third-order valence-corrected chi connectivity index (χ3v) is 5.08. The summed E-state index contributed by atoms with van der Waals surface area (Å²) in [6, 6.07) is 22.9. The fourth-order valence-electron chi connectivity index (χ4n) is 3.33. The van der Waals surface area contributed by atoms with E-state index in [4.69, 9.17) is 10.00 Å². The van der Waals surface area contributed by atoms with Gasteiger partial charge >= 0.3 is 0 Å². The van der Waals surface area contributed by atoms with Gasteiger partial charge in [-0.05, 0) is 54.8 Å². The molecule has 0 heterocycles. The van der Waals surface area contributed by atoms with Gasteiger partial charge in [-0.15, -0.1) is 0 Å². The molecule has 2 amide bonds. The monoisotopic (exact) mass is 441 g/mol. The smallest absolute Gasteiger partial charge is 0.251 e. The van der Waals surface area contributed by atoms with Crippen LogP contribution in [0.5, 0.6) is 5.75 Å². The molecule has 1 atom stereocenters. The lowest BCUT2D eigenvalue weighted by Crippen LogP contribution is -2.47. The summed E-state index contributed by atoms with van der Waals surface area (Å²) < 4.78 is 5.82. The maximum Gasteiger partial charge on any atom is 0.251 e. The Morgan fingerprint density at radius 2 is 1.76 bits per heavy atom. The van der Waals surface area contributed by atoms with Gasteiger partial charge in [-0.1, -0.05) is 49.7 Å². The van der Waals surface area contributed by atoms with Crippen molar-refractivity contribution in [1.82, 2.24) is 5.32 Å². The second-order valence-corrected chi connectivity index (χ2v) is 8.18. The van der Waals surface area contributed by atoms with Crippen molar-refractivity contribution in [3.05, 3.63) is 95.1 Å². The van der Waals surface area contributed by atoms with Crippen molar-refractivity contribution in [3.8, 4) is 11.8 Å². The molecule has 0 aliphatic carbocycles. The van der Waals surface area contributed by atoms with Crippen molar-refractivity contribution in [2.45, 2.75) is 33.4 Å². The van der Waals surface area contributed by atoms with Gasteiger partial charge < -0.3 is 15.4 Å². The van der Waals surface area contributed by atoms with Crippen LogP contribution >= 0.6 is 0 Å². The third kappa shape index (κ3) is 6.68. The Hall–Kier alpha value is -4.11. The first kappa shape index (κ1) is 23.6. The van der Waals surface area contributed by atoms with Gasteiger partial charge in [0, 0.05) is 17.3 Å². The number of anilines is 1. The van der Waals surface area contributed by atoms with Gasteiger partial charge in [-0.25, -0.2) is 0 Å². The molecule has 0 aliphatic heterocycles. The summed E-state index contributed by atoms with van der Waals surface area (Å²) in [6.07, 6.45) is 0. The Kier molecular flexibility index (Phi) is 7.82. The van der Waals surface area contributed by atoms with Gasteiger partial charge in [0.15, 0.2) is 0 Å².